The average molecular weight is 395 g/mol. The van der Waals surface area contributed by atoms with Gasteiger partial charge in [0, 0.05) is 18.1 Å². The van der Waals surface area contributed by atoms with Crippen LogP contribution in [0.15, 0.2) is 24.3 Å². The minimum Gasteiger partial charge on any atom is -0.390 e. The molecule has 0 aromatic heterocycles. The van der Waals surface area contributed by atoms with Crippen LogP contribution in [0.4, 0.5) is 0 Å². The van der Waals surface area contributed by atoms with Gasteiger partial charge in [-0.25, -0.2) is 0 Å². The molecule has 1 aromatic rings. The molecule has 0 radical (unpaired) electrons. The summed E-state index contributed by atoms with van der Waals surface area (Å²) in [6.45, 7) is 1.82. The predicted molar refractivity (Wildman–Crippen MR) is 107 cm³/mol. The number of hydrogen-bond donors (Lipinski definition) is 3. The monoisotopic (exact) mass is 394 g/mol. The summed E-state index contributed by atoms with van der Waals surface area (Å²) in [5, 5.41) is 25.3. The topological polar surface area (TPSA) is 72.8 Å². The summed E-state index contributed by atoms with van der Waals surface area (Å²) in [5.41, 5.74) is -0.391. The normalized spacial score (nSPS) is 26.9. The Labute approximate surface area is 166 Å². The second kappa shape index (κ2) is 9.37. The zero-order valence-corrected chi connectivity index (χ0v) is 16.6. The molecular weight excluding hydrogens is 364 g/mol. The number of aliphatic hydroxyl groups is 2. The van der Waals surface area contributed by atoms with Gasteiger partial charge >= 0.3 is 0 Å². The van der Waals surface area contributed by atoms with Gasteiger partial charge in [0.2, 0.25) is 5.91 Å². The first-order valence-electron chi connectivity index (χ1n) is 10.1. The molecule has 1 aliphatic heterocycles. The van der Waals surface area contributed by atoms with Crippen LogP contribution in [0.1, 0.15) is 44.1 Å². The van der Waals surface area contributed by atoms with E-state index in [1.807, 2.05) is 12.1 Å². The lowest BCUT2D eigenvalue weighted by Crippen LogP contribution is -2.62. The number of amides is 1. The molecule has 0 spiro atoms. The summed E-state index contributed by atoms with van der Waals surface area (Å²) in [6, 6.07) is 7.24. The Balaban J connectivity index is 1.52. The van der Waals surface area contributed by atoms with Crippen molar-refractivity contribution in [1.29, 1.82) is 0 Å². The quantitative estimate of drug-likeness (QED) is 0.692. The van der Waals surface area contributed by atoms with Gasteiger partial charge < -0.3 is 20.4 Å². The maximum absolute atomic E-state index is 12.6. The van der Waals surface area contributed by atoms with E-state index in [4.69, 9.17) is 11.6 Å². The Bertz CT molecular complexity index is 618. The van der Waals surface area contributed by atoms with Crippen molar-refractivity contribution in [2.24, 2.45) is 5.92 Å². The molecule has 1 saturated carbocycles. The molecule has 2 fully saturated rings. The fourth-order valence-corrected chi connectivity index (χ4v) is 4.35. The number of carbonyl (C=O) groups excluding carboxylic acids is 1. The van der Waals surface area contributed by atoms with Crippen LogP contribution in [0.25, 0.3) is 0 Å². The first kappa shape index (κ1) is 20.6. The van der Waals surface area contributed by atoms with Gasteiger partial charge in [-0.05, 0) is 49.4 Å². The van der Waals surface area contributed by atoms with E-state index in [0.717, 1.165) is 12.1 Å². The maximum Gasteiger partial charge on any atom is 0.227 e. The Morgan fingerprint density at radius 1 is 1.19 bits per heavy atom. The van der Waals surface area contributed by atoms with Crippen molar-refractivity contribution < 1.29 is 15.0 Å². The van der Waals surface area contributed by atoms with Crippen LogP contribution in [0.2, 0.25) is 5.02 Å². The molecular formula is C21H31ClN2O3. The fraction of sp³-hybridized carbons (Fsp3) is 0.667. The summed E-state index contributed by atoms with van der Waals surface area (Å²) < 4.78 is 0. The number of likely N-dealkylation sites (tertiary alicyclic amines) is 1. The molecule has 3 rings (SSSR count). The third-order valence-electron chi connectivity index (χ3n) is 5.97. The molecule has 1 aromatic carbocycles. The highest BCUT2D eigenvalue weighted by Gasteiger charge is 2.42. The lowest BCUT2D eigenvalue weighted by atomic mass is 9.87. The molecule has 5 nitrogen and oxygen atoms in total. The zero-order chi connectivity index (χ0) is 19.3. The number of aliphatic hydroxyl groups excluding tert-OH is 1. The van der Waals surface area contributed by atoms with Crippen LogP contribution < -0.4 is 5.32 Å². The number of hydrogen-bond acceptors (Lipinski definition) is 4. The number of carbonyl (C=O) groups is 1. The lowest BCUT2D eigenvalue weighted by Gasteiger charge is -2.43. The van der Waals surface area contributed by atoms with E-state index in [1.165, 1.54) is 32.1 Å². The van der Waals surface area contributed by atoms with E-state index in [0.29, 0.717) is 30.5 Å². The van der Waals surface area contributed by atoms with Crippen LogP contribution in [-0.4, -0.2) is 58.9 Å². The van der Waals surface area contributed by atoms with Crippen molar-refractivity contribution in [1.82, 2.24) is 10.2 Å². The molecule has 0 unspecified atom stereocenters. The highest BCUT2D eigenvalue weighted by Crippen LogP contribution is 2.25. The van der Waals surface area contributed by atoms with Crippen molar-refractivity contribution in [3.05, 3.63) is 34.9 Å². The highest BCUT2D eigenvalue weighted by molar-refractivity contribution is 6.30. The fourth-order valence-electron chi connectivity index (χ4n) is 4.22. The molecule has 27 heavy (non-hydrogen) atoms. The predicted octanol–water partition coefficient (Wildman–Crippen LogP) is 2.38. The molecule has 2 atom stereocenters. The zero-order valence-electron chi connectivity index (χ0n) is 15.9. The van der Waals surface area contributed by atoms with Crippen molar-refractivity contribution in [2.75, 3.05) is 26.2 Å². The van der Waals surface area contributed by atoms with E-state index in [-0.39, 0.29) is 18.9 Å². The first-order valence-corrected chi connectivity index (χ1v) is 10.5. The number of nitrogens with one attached hydrogen (secondary N) is 1. The summed E-state index contributed by atoms with van der Waals surface area (Å²) in [4.78, 5) is 14.3. The second-order valence-electron chi connectivity index (χ2n) is 8.16. The number of halogens is 1. The molecule has 1 heterocycles. The van der Waals surface area contributed by atoms with E-state index >= 15 is 0 Å². The molecule has 1 saturated heterocycles. The van der Waals surface area contributed by atoms with Crippen molar-refractivity contribution >= 4 is 17.5 Å². The van der Waals surface area contributed by atoms with E-state index < -0.39 is 11.7 Å². The van der Waals surface area contributed by atoms with Gasteiger partial charge in [0.05, 0.1) is 19.1 Å². The van der Waals surface area contributed by atoms with Crippen molar-refractivity contribution in [3.8, 4) is 0 Å². The van der Waals surface area contributed by atoms with E-state index in [2.05, 4.69) is 5.32 Å². The summed E-state index contributed by atoms with van der Waals surface area (Å²) in [6.07, 6.45) is 6.23. The van der Waals surface area contributed by atoms with Gasteiger partial charge in [-0.2, -0.15) is 0 Å². The minimum atomic E-state index is -1.29. The van der Waals surface area contributed by atoms with Gasteiger partial charge in [0.1, 0.15) is 5.60 Å². The number of benzene rings is 1. The Kier molecular flexibility index (Phi) is 7.15. The summed E-state index contributed by atoms with van der Waals surface area (Å²) >= 11 is 5.89. The number of piperidine rings is 1. The largest absolute Gasteiger partial charge is 0.390 e. The van der Waals surface area contributed by atoms with Crippen molar-refractivity contribution in [3.63, 3.8) is 0 Å². The smallest absolute Gasteiger partial charge is 0.227 e. The van der Waals surface area contributed by atoms with E-state index in [9.17, 15) is 15.0 Å². The Morgan fingerprint density at radius 3 is 2.59 bits per heavy atom. The Hall–Kier alpha value is -1.14. The molecule has 2 aliphatic rings. The van der Waals surface area contributed by atoms with Crippen LogP contribution in [0, 0.1) is 5.92 Å². The van der Waals surface area contributed by atoms with Gasteiger partial charge in [-0.1, -0.05) is 43.0 Å². The van der Waals surface area contributed by atoms with Crippen LogP contribution >= 0.6 is 11.6 Å². The Morgan fingerprint density at radius 2 is 1.89 bits per heavy atom. The minimum absolute atomic E-state index is 0.0325. The summed E-state index contributed by atoms with van der Waals surface area (Å²) in [7, 11) is 0. The first-order chi connectivity index (χ1) is 13.0. The van der Waals surface area contributed by atoms with Crippen molar-refractivity contribution in [2.45, 2.75) is 56.7 Å². The third kappa shape index (κ3) is 5.67. The van der Waals surface area contributed by atoms with Crippen LogP contribution in [0.5, 0.6) is 0 Å². The number of nitrogens with zero attached hydrogens (tertiary/aromatic N) is 1. The average Bonchev–Trinajstić information content (AvgIpc) is 2.67. The number of β-amino-alcohol motifs (C(OH)–C–C–N with tert-alkyl or cyclic N) is 1. The highest BCUT2D eigenvalue weighted by atomic mass is 35.5. The summed E-state index contributed by atoms with van der Waals surface area (Å²) in [5.74, 6) is 0.626. The standard InChI is InChI=1S/C21H31ClN2O3/c22-18-8-6-16(7-9-18)12-20(26)24-11-10-19(25)21(27,15-24)14-23-13-17-4-2-1-3-5-17/h6-9,17,19,23,25,27H,1-5,10-15H2/t19-,21+/m0/s1. The lowest BCUT2D eigenvalue weighted by molar-refractivity contribution is -0.150. The van der Waals surface area contributed by atoms with Gasteiger partial charge in [0.25, 0.3) is 0 Å². The number of rotatable bonds is 6. The second-order valence-corrected chi connectivity index (χ2v) is 8.60. The molecule has 6 heteroatoms. The molecule has 150 valence electrons. The molecule has 3 N–H and O–H groups in total. The SMILES string of the molecule is O=C(Cc1ccc(Cl)cc1)N1CC[C@H](O)[C@@](O)(CNCC2CCCCC2)C1. The van der Waals surface area contributed by atoms with Gasteiger partial charge in [-0.15, -0.1) is 0 Å². The molecule has 1 amide bonds. The van der Waals surface area contributed by atoms with Gasteiger partial charge in [-0.3, -0.25) is 4.79 Å². The molecule has 1 aliphatic carbocycles. The van der Waals surface area contributed by atoms with E-state index in [1.54, 1.807) is 17.0 Å². The molecule has 0 bridgehead atoms. The van der Waals surface area contributed by atoms with Crippen LogP contribution in [-0.2, 0) is 11.2 Å². The maximum atomic E-state index is 12.6. The van der Waals surface area contributed by atoms with Gasteiger partial charge in [0.15, 0.2) is 0 Å². The third-order valence-corrected chi connectivity index (χ3v) is 6.22. The van der Waals surface area contributed by atoms with Crippen LogP contribution in [0.3, 0.4) is 0 Å².